The summed E-state index contributed by atoms with van der Waals surface area (Å²) in [6, 6.07) is 13.2. The molecule has 1 aliphatic rings. The molecule has 7 nitrogen and oxygen atoms in total. The van der Waals surface area contributed by atoms with E-state index < -0.39 is 17.8 Å². The normalized spacial score (nSPS) is 14.1. The molecule has 1 aromatic heterocycles. The molecule has 0 unspecified atom stereocenters. The van der Waals surface area contributed by atoms with Crippen molar-refractivity contribution in [3.63, 3.8) is 0 Å². The zero-order valence-electron chi connectivity index (χ0n) is 21.7. The topological polar surface area (TPSA) is 65.1 Å². The van der Waals surface area contributed by atoms with Crippen molar-refractivity contribution in [2.75, 3.05) is 51.3 Å². The Labute approximate surface area is 233 Å². The van der Waals surface area contributed by atoms with Gasteiger partial charge in [-0.05, 0) is 53.4 Å². The van der Waals surface area contributed by atoms with Gasteiger partial charge in [0.05, 0.1) is 25.3 Å². The van der Waals surface area contributed by atoms with E-state index in [1.54, 1.807) is 17.0 Å². The van der Waals surface area contributed by atoms with E-state index in [-0.39, 0.29) is 37.0 Å². The van der Waals surface area contributed by atoms with Crippen molar-refractivity contribution >= 4 is 29.0 Å². The number of ether oxygens (including phenoxy) is 1. The minimum absolute atomic E-state index is 0.184. The molecule has 1 aliphatic heterocycles. The summed E-state index contributed by atoms with van der Waals surface area (Å²) in [6.45, 7) is 3.53. The lowest BCUT2D eigenvalue weighted by Crippen LogP contribution is -2.48. The molecule has 4 rings (SSSR count). The third-order valence-electron chi connectivity index (χ3n) is 6.43. The molecule has 2 heterocycles. The Balaban J connectivity index is 1.49. The van der Waals surface area contributed by atoms with Crippen LogP contribution >= 0.6 is 11.3 Å². The Morgan fingerprint density at radius 3 is 2.27 bits per heavy atom. The first-order chi connectivity index (χ1) is 19.2. The Bertz CT molecular complexity index is 1230. The molecule has 0 aliphatic carbocycles. The minimum atomic E-state index is -4.49. The van der Waals surface area contributed by atoms with E-state index in [9.17, 15) is 27.2 Å². The number of nitrogens with zero attached hydrogens (tertiary/aromatic N) is 3. The largest absolute Gasteiger partial charge is 0.416 e. The molecular weight excluding hydrogens is 548 g/mol. The van der Waals surface area contributed by atoms with Gasteiger partial charge in [-0.25, -0.2) is 9.18 Å². The first kappa shape index (κ1) is 29.5. The number of hydrogen-bond acceptors (Lipinski definition) is 5. The fourth-order valence-electron chi connectivity index (χ4n) is 4.18. The monoisotopic (exact) mass is 578 g/mol. The highest BCUT2D eigenvalue weighted by molar-refractivity contribution is 7.09. The van der Waals surface area contributed by atoms with Gasteiger partial charge in [0.15, 0.2) is 0 Å². The van der Waals surface area contributed by atoms with Gasteiger partial charge in [0.1, 0.15) is 12.4 Å². The van der Waals surface area contributed by atoms with Crippen molar-refractivity contribution in [1.29, 1.82) is 0 Å². The lowest BCUT2D eigenvalue weighted by molar-refractivity contribution is -0.137. The average Bonchev–Trinajstić information content (AvgIpc) is 3.45. The molecule has 2 aromatic carbocycles. The van der Waals surface area contributed by atoms with Crippen LogP contribution in [-0.2, 0) is 28.8 Å². The number of alkyl halides is 3. The maximum atomic E-state index is 13.6. The van der Waals surface area contributed by atoms with Gasteiger partial charge in [-0.2, -0.15) is 13.2 Å². The van der Waals surface area contributed by atoms with Crippen LogP contribution in [0.4, 0.5) is 28.0 Å². The van der Waals surface area contributed by atoms with Crippen LogP contribution in [0.15, 0.2) is 66.0 Å². The third kappa shape index (κ3) is 8.77. The van der Waals surface area contributed by atoms with Gasteiger partial charge < -0.3 is 19.9 Å². The molecule has 0 bridgehead atoms. The summed E-state index contributed by atoms with van der Waals surface area (Å²) in [5, 5.41) is 4.53. The number of carbonyl (C=O) groups is 2. The Hall–Kier alpha value is -3.48. The fourth-order valence-corrected chi connectivity index (χ4v) is 4.90. The highest BCUT2D eigenvalue weighted by Crippen LogP contribution is 2.30. The molecule has 12 heteroatoms. The first-order valence-corrected chi connectivity index (χ1v) is 13.6. The predicted molar refractivity (Wildman–Crippen MR) is 144 cm³/mol. The van der Waals surface area contributed by atoms with Gasteiger partial charge in [0.25, 0.3) is 0 Å². The van der Waals surface area contributed by atoms with Gasteiger partial charge in [-0.1, -0.05) is 18.2 Å². The zero-order valence-corrected chi connectivity index (χ0v) is 22.5. The Morgan fingerprint density at radius 1 is 0.950 bits per heavy atom. The van der Waals surface area contributed by atoms with E-state index in [1.807, 2.05) is 17.5 Å². The quantitative estimate of drug-likeness (QED) is 0.332. The van der Waals surface area contributed by atoms with Gasteiger partial charge in [-0.15, -0.1) is 11.3 Å². The molecule has 3 aromatic rings. The molecule has 0 atom stereocenters. The smallest absolute Gasteiger partial charge is 0.379 e. The van der Waals surface area contributed by atoms with Crippen LogP contribution < -0.4 is 5.32 Å². The van der Waals surface area contributed by atoms with E-state index >= 15 is 0 Å². The number of anilines is 1. The van der Waals surface area contributed by atoms with E-state index in [2.05, 4.69) is 10.2 Å². The van der Waals surface area contributed by atoms with Gasteiger partial charge >= 0.3 is 12.2 Å². The summed E-state index contributed by atoms with van der Waals surface area (Å²) in [7, 11) is 0. The number of urea groups is 1. The molecule has 0 radical (unpaired) electrons. The van der Waals surface area contributed by atoms with Crippen LogP contribution in [0, 0.1) is 5.82 Å². The molecule has 1 N–H and O–H groups in total. The summed E-state index contributed by atoms with van der Waals surface area (Å²) in [5.41, 5.74) is 0.0961. The van der Waals surface area contributed by atoms with Crippen molar-refractivity contribution in [3.8, 4) is 0 Å². The highest BCUT2D eigenvalue weighted by Gasteiger charge is 2.30. The summed E-state index contributed by atoms with van der Waals surface area (Å²) >= 11 is 1.50. The van der Waals surface area contributed by atoms with E-state index in [1.165, 1.54) is 40.5 Å². The van der Waals surface area contributed by atoms with Crippen LogP contribution in [-0.4, -0.2) is 72.6 Å². The molecule has 0 saturated carbocycles. The number of amides is 3. The average molecular weight is 579 g/mol. The van der Waals surface area contributed by atoms with Crippen LogP contribution in [0.5, 0.6) is 0 Å². The summed E-state index contributed by atoms with van der Waals surface area (Å²) in [6.07, 6.45) is -4.49. The second-order valence-electron chi connectivity index (χ2n) is 9.34. The molecule has 3 amide bonds. The number of nitrogens with one attached hydrogen (secondary N) is 1. The summed E-state index contributed by atoms with van der Waals surface area (Å²) in [4.78, 5) is 32.9. The SMILES string of the molecule is O=C(CN(CCN1CCOCC1)C(=O)Nc1ccc(C(F)(F)F)cc1)N(Cc1ccc(F)cc1)Cc1cccs1. The number of benzene rings is 2. The van der Waals surface area contributed by atoms with Gasteiger partial charge in [-0.3, -0.25) is 9.69 Å². The number of rotatable bonds is 10. The molecular formula is C28H30F4N4O3S. The number of hydrogen-bond donors (Lipinski definition) is 1. The van der Waals surface area contributed by atoms with Crippen LogP contribution in [0.1, 0.15) is 16.0 Å². The second-order valence-corrected chi connectivity index (χ2v) is 10.4. The number of thiophene rings is 1. The van der Waals surface area contributed by atoms with E-state index in [0.29, 0.717) is 39.4 Å². The highest BCUT2D eigenvalue weighted by atomic mass is 32.1. The number of carbonyl (C=O) groups excluding carboxylic acids is 2. The lowest BCUT2D eigenvalue weighted by atomic mass is 10.2. The summed E-state index contributed by atoms with van der Waals surface area (Å²) in [5.74, 6) is -0.698. The van der Waals surface area contributed by atoms with Crippen molar-refractivity contribution in [2.45, 2.75) is 19.3 Å². The van der Waals surface area contributed by atoms with Gasteiger partial charge in [0.2, 0.25) is 5.91 Å². The van der Waals surface area contributed by atoms with Crippen molar-refractivity contribution in [2.24, 2.45) is 0 Å². The Morgan fingerprint density at radius 2 is 1.65 bits per heavy atom. The molecule has 1 fully saturated rings. The number of halogens is 4. The lowest BCUT2D eigenvalue weighted by Gasteiger charge is -2.31. The van der Waals surface area contributed by atoms with Crippen LogP contribution in [0.25, 0.3) is 0 Å². The van der Waals surface area contributed by atoms with Crippen LogP contribution in [0.2, 0.25) is 0 Å². The van der Waals surface area contributed by atoms with Crippen LogP contribution in [0.3, 0.4) is 0 Å². The predicted octanol–water partition coefficient (Wildman–Crippen LogP) is 5.30. The van der Waals surface area contributed by atoms with Crippen molar-refractivity contribution in [3.05, 3.63) is 87.9 Å². The van der Waals surface area contributed by atoms with E-state index in [4.69, 9.17) is 4.74 Å². The molecule has 40 heavy (non-hydrogen) atoms. The minimum Gasteiger partial charge on any atom is -0.379 e. The van der Waals surface area contributed by atoms with E-state index in [0.717, 1.165) is 22.6 Å². The standard InChI is InChI=1S/C28H30F4N4O3S/c29-23-7-3-21(4-8-23)18-36(19-25-2-1-17-40-25)26(37)20-35(12-11-34-13-15-39-16-14-34)27(38)33-24-9-5-22(6-10-24)28(30,31)32/h1-10,17H,11-16,18-20H2,(H,33,38). The second kappa shape index (κ2) is 13.7. The molecule has 0 spiro atoms. The fraction of sp³-hybridized carbons (Fsp3) is 0.357. The number of morpholine rings is 1. The molecule has 1 saturated heterocycles. The zero-order chi connectivity index (χ0) is 28.5. The molecule has 214 valence electrons. The summed E-state index contributed by atoms with van der Waals surface area (Å²) < 4.78 is 57.7. The third-order valence-corrected chi connectivity index (χ3v) is 7.29. The Kier molecular flexibility index (Phi) is 10.1. The van der Waals surface area contributed by atoms with Crippen molar-refractivity contribution < 1.29 is 31.9 Å². The first-order valence-electron chi connectivity index (χ1n) is 12.8. The maximum absolute atomic E-state index is 13.6. The maximum Gasteiger partial charge on any atom is 0.416 e. The van der Waals surface area contributed by atoms with Crippen molar-refractivity contribution in [1.82, 2.24) is 14.7 Å². The van der Waals surface area contributed by atoms with Gasteiger partial charge in [0, 0.05) is 43.3 Å².